The molecule has 1 saturated carbocycles. The molecule has 1 nitrogen and oxygen atoms in total. The SMILES string of the molecule is CCC1CCCCC1Oc1cccc([B-](F)(F)F)c1.[K+]. The fourth-order valence-electron chi connectivity index (χ4n) is 2.76. The number of halogens is 3. The van der Waals surface area contributed by atoms with Gasteiger partial charge in [0, 0.05) is 0 Å². The van der Waals surface area contributed by atoms with Crippen molar-refractivity contribution in [2.45, 2.75) is 45.1 Å². The van der Waals surface area contributed by atoms with Crippen LogP contribution in [0.3, 0.4) is 0 Å². The molecule has 2 rings (SSSR count). The standard InChI is InChI=1S/C14H19BF3O.K/c1-2-11-6-3-4-9-14(11)19-13-8-5-7-12(10-13)15(16,17)18;/h5,7-8,10-11,14H,2-4,6,9H2,1H3;/q-1;+1. The summed E-state index contributed by atoms with van der Waals surface area (Å²) in [5.41, 5.74) is -0.582. The Morgan fingerprint density at radius 1 is 1.20 bits per heavy atom. The second kappa shape index (κ2) is 8.22. The number of rotatable bonds is 4. The average molecular weight is 310 g/mol. The van der Waals surface area contributed by atoms with Crippen LogP contribution in [0.2, 0.25) is 0 Å². The van der Waals surface area contributed by atoms with Crippen molar-refractivity contribution in [3.05, 3.63) is 24.3 Å². The fourth-order valence-corrected chi connectivity index (χ4v) is 2.76. The largest absolute Gasteiger partial charge is 1.00 e. The smallest absolute Gasteiger partial charge is 0.490 e. The zero-order valence-corrected chi connectivity index (χ0v) is 15.2. The summed E-state index contributed by atoms with van der Waals surface area (Å²) < 4.78 is 43.9. The van der Waals surface area contributed by atoms with Gasteiger partial charge in [0.05, 0.1) is 0 Å². The van der Waals surface area contributed by atoms with Gasteiger partial charge in [-0.1, -0.05) is 25.5 Å². The van der Waals surface area contributed by atoms with E-state index in [0.717, 1.165) is 37.8 Å². The number of benzene rings is 1. The van der Waals surface area contributed by atoms with E-state index in [0.29, 0.717) is 11.7 Å². The third kappa shape index (κ3) is 5.05. The Labute approximate surface area is 161 Å². The van der Waals surface area contributed by atoms with Gasteiger partial charge in [-0.25, -0.2) is 0 Å². The number of ether oxygens (including phenoxy) is 1. The summed E-state index contributed by atoms with van der Waals surface area (Å²) in [4.78, 5) is 0. The van der Waals surface area contributed by atoms with Gasteiger partial charge in [0.15, 0.2) is 0 Å². The van der Waals surface area contributed by atoms with Crippen molar-refractivity contribution in [3.8, 4) is 5.75 Å². The van der Waals surface area contributed by atoms with E-state index in [1.165, 1.54) is 12.5 Å². The molecule has 0 aromatic heterocycles. The Morgan fingerprint density at radius 2 is 1.90 bits per heavy atom. The molecule has 0 spiro atoms. The number of hydrogen-bond donors (Lipinski definition) is 0. The van der Waals surface area contributed by atoms with Crippen LogP contribution in [0.4, 0.5) is 12.9 Å². The third-order valence-corrected chi connectivity index (χ3v) is 3.89. The van der Waals surface area contributed by atoms with Crippen molar-refractivity contribution in [3.63, 3.8) is 0 Å². The Bertz CT molecular complexity index is 425. The molecule has 2 unspecified atom stereocenters. The molecule has 0 heterocycles. The molecule has 0 saturated heterocycles. The van der Waals surface area contributed by atoms with Crippen LogP contribution in [-0.2, 0) is 0 Å². The van der Waals surface area contributed by atoms with Gasteiger partial charge in [0.25, 0.3) is 0 Å². The minimum absolute atomic E-state index is 0. The zero-order valence-electron chi connectivity index (χ0n) is 12.1. The number of hydrogen-bond acceptors (Lipinski definition) is 1. The maximum atomic E-state index is 12.7. The van der Waals surface area contributed by atoms with Crippen LogP contribution in [0.5, 0.6) is 5.75 Å². The summed E-state index contributed by atoms with van der Waals surface area (Å²) in [7, 11) is 0. The fraction of sp³-hybridized carbons (Fsp3) is 0.571. The van der Waals surface area contributed by atoms with Crippen molar-refractivity contribution in [2.24, 2.45) is 5.92 Å². The van der Waals surface area contributed by atoms with Gasteiger partial charge in [0.2, 0.25) is 0 Å². The van der Waals surface area contributed by atoms with E-state index in [1.54, 1.807) is 6.07 Å². The van der Waals surface area contributed by atoms with Crippen molar-refractivity contribution >= 4 is 12.4 Å². The van der Waals surface area contributed by atoms with Crippen LogP contribution in [0, 0.1) is 5.92 Å². The molecule has 1 aromatic rings. The molecule has 0 bridgehead atoms. The van der Waals surface area contributed by atoms with Crippen LogP contribution in [0.25, 0.3) is 0 Å². The van der Waals surface area contributed by atoms with Crippen LogP contribution in [0.15, 0.2) is 24.3 Å². The molecule has 1 aromatic carbocycles. The topological polar surface area (TPSA) is 9.23 Å². The van der Waals surface area contributed by atoms with Crippen LogP contribution in [0.1, 0.15) is 39.0 Å². The van der Waals surface area contributed by atoms with Gasteiger partial charge >= 0.3 is 58.4 Å². The van der Waals surface area contributed by atoms with Crippen molar-refractivity contribution in [1.29, 1.82) is 0 Å². The molecule has 0 N–H and O–H groups in total. The summed E-state index contributed by atoms with van der Waals surface area (Å²) >= 11 is 0. The summed E-state index contributed by atoms with van der Waals surface area (Å²) in [6.45, 7) is -2.84. The van der Waals surface area contributed by atoms with Crippen molar-refractivity contribution < 1.29 is 69.1 Å². The van der Waals surface area contributed by atoms with Crippen LogP contribution in [-0.4, -0.2) is 13.1 Å². The minimum Gasteiger partial charge on any atom is -0.490 e. The summed E-state index contributed by atoms with van der Waals surface area (Å²) in [5.74, 6) is 0.816. The first-order chi connectivity index (χ1) is 9.00. The van der Waals surface area contributed by atoms with E-state index in [1.807, 2.05) is 0 Å². The molecule has 6 heteroatoms. The van der Waals surface area contributed by atoms with Crippen LogP contribution < -0.4 is 61.6 Å². The van der Waals surface area contributed by atoms with Crippen molar-refractivity contribution in [1.82, 2.24) is 0 Å². The molecule has 106 valence electrons. The summed E-state index contributed by atoms with van der Waals surface area (Å²) in [6, 6.07) is 5.27. The Morgan fingerprint density at radius 3 is 2.55 bits per heavy atom. The maximum absolute atomic E-state index is 12.7. The first kappa shape index (κ1) is 18.6. The van der Waals surface area contributed by atoms with E-state index >= 15 is 0 Å². The summed E-state index contributed by atoms with van der Waals surface area (Å²) in [6.07, 6.45) is 5.45. The van der Waals surface area contributed by atoms with Gasteiger partial charge in [-0.2, -0.15) is 0 Å². The monoisotopic (exact) mass is 310 g/mol. The van der Waals surface area contributed by atoms with Crippen molar-refractivity contribution in [2.75, 3.05) is 0 Å². The van der Waals surface area contributed by atoms with E-state index in [4.69, 9.17) is 4.74 Å². The molecular formula is C14H19BF3KO. The third-order valence-electron chi connectivity index (χ3n) is 3.89. The predicted molar refractivity (Wildman–Crippen MR) is 71.8 cm³/mol. The van der Waals surface area contributed by atoms with Gasteiger partial charge in [0.1, 0.15) is 11.9 Å². The quantitative estimate of drug-likeness (QED) is 0.757. The first-order valence-corrected chi connectivity index (χ1v) is 6.97. The molecule has 0 radical (unpaired) electrons. The second-order valence-electron chi connectivity index (χ2n) is 5.26. The Balaban J connectivity index is 0.00000200. The molecule has 20 heavy (non-hydrogen) atoms. The van der Waals surface area contributed by atoms with Gasteiger partial charge in [-0.05, 0) is 43.7 Å². The molecule has 1 fully saturated rings. The van der Waals surface area contributed by atoms with E-state index < -0.39 is 12.4 Å². The van der Waals surface area contributed by atoms with Gasteiger partial charge < -0.3 is 17.7 Å². The van der Waals surface area contributed by atoms with Gasteiger partial charge in [-0.15, -0.1) is 5.46 Å². The Hall–Kier alpha value is 0.511. The first-order valence-electron chi connectivity index (χ1n) is 6.97. The second-order valence-corrected chi connectivity index (χ2v) is 5.26. The predicted octanol–water partition coefficient (Wildman–Crippen LogP) is 1.09. The zero-order chi connectivity index (χ0) is 13.9. The molecular weight excluding hydrogens is 291 g/mol. The van der Waals surface area contributed by atoms with E-state index in [-0.39, 0.29) is 57.5 Å². The molecule has 2 atom stereocenters. The molecule has 1 aliphatic rings. The normalized spacial score (nSPS) is 23.0. The van der Waals surface area contributed by atoms with Gasteiger partial charge in [-0.3, -0.25) is 0 Å². The molecule has 0 aliphatic heterocycles. The minimum atomic E-state index is -4.95. The molecule has 0 amide bonds. The molecule has 1 aliphatic carbocycles. The Kier molecular flexibility index (Phi) is 7.63. The summed E-state index contributed by atoms with van der Waals surface area (Å²) in [5, 5.41) is 0. The maximum Gasteiger partial charge on any atom is 1.00 e. The van der Waals surface area contributed by atoms with E-state index in [2.05, 4.69) is 6.92 Å². The van der Waals surface area contributed by atoms with E-state index in [9.17, 15) is 12.9 Å². The van der Waals surface area contributed by atoms with Crippen LogP contribution >= 0.6 is 0 Å². The average Bonchev–Trinajstić information content (AvgIpc) is 2.39.